The topological polar surface area (TPSA) is 124 Å². The molecule has 1 fully saturated rings. The molecule has 9 heteroatoms. The molecule has 1 saturated carbocycles. The molecule has 4 N–H and O–H groups in total. The van der Waals surface area contributed by atoms with Gasteiger partial charge in [-0.2, -0.15) is 0 Å². The van der Waals surface area contributed by atoms with Gasteiger partial charge in [0.05, 0.1) is 18.2 Å². The van der Waals surface area contributed by atoms with Gasteiger partial charge in [-0.05, 0) is 81.1 Å². The Kier molecular flexibility index (Phi) is 8.25. The molecule has 0 saturated heterocycles. The largest absolute Gasteiger partial charge is 0.490 e. The zero-order valence-electron chi connectivity index (χ0n) is 23.0. The molecule has 3 aromatic heterocycles. The van der Waals surface area contributed by atoms with Gasteiger partial charge in [0.1, 0.15) is 12.4 Å². The van der Waals surface area contributed by atoms with Gasteiger partial charge in [0.25, 0.3) is 0 Å². The van der Waals surface area contributed by atoms with E-state index in [1.165, 1.54) is 30.3 Å². The second-order valence-corrected chi connectivity index (χ2v) is 10.5. The summed E-state index contributed by atoms with van der Waals surface area (Å²) in [7, 11) is 0. The van der Waals surface area contributed by atoms with Crippen molar-refractivity contribution in [2.75, 3.05) is 26.4 Å². The fourth-order valence-electron chi connectivity index (χ4n) is 5.08. The molecule has 0 aliphatic heterocycles. The number of ether oxygens (including phenoxy) is 3. The summed E-state index contributed by atoms with van der Waals surface area (Å²) in [5, 5.41) is 7.36. The van der Waals surface area contributed by atoms with E-state index in [-0.39, 0.29) is 0 Å². The number of rotatable bonds is 14. The van der Waals surface area contributed by atoms with Crippen LogP contribution in [0.25, 0.3) is 32.6 Å². The first-order chi connectivity index (χ1) is 20.1. The van der Waals surface area contributed by atoms with Gasteiger partial charge in [-0.3, -0.25) is 9.78 Å². The Morgan fingerprint density at radius 2 is 1.93 bits per heavy atom. The van der Waals surface area contributed by atoms with Crippen molar-refractivity contribution in [1.29, 1.82) is 0 Å². The fourth-order valence-corrected chi connectivity index (χ4v) is 5.08. The molecule has 1 aliphatic rings. The summed E-state index contributed by atoms with van der Waals surface area (Å²) in [6, 6.07) is 15.6. The van der Waals surface area contributed by atoms with Crippen molar-refractivity contribution in [1.82, 2.24) is 20.3 Å². The number of primary amides is 1. The molecule has 0 spiro atoms. The van der Waals surface area contributed by atoms with E-state index in [2.05, 4.69) is 44.5 Å². The Hall–Kier alpha value is -4.21. The second kappa shape index (κ2) is 12.5. The maximum absolute atomic E-state index is 11.6. The smallest absolute Gasteiger partial charge is 0.248 e. The summed E-state index contributed by atoms with van der Waals surface area (Å²) < 4.78 is 17.8. The van der Waals surface area contributed by atoms with Crippen LogP contribution in [0.2, 0.25) is 0 Å². The molecule has 6 rings (SSSR count). The van der Waals surface area contributed by atoms with Crippen LogP contribution in [0.5, 0.6) is 11.6 Å². The number of H-pyrrole nitrogens is 1. The zero-order valence-corrected chi connectivity index (χ0v) is 23.0. The Labute approximate surface area is 238 Å². The number of carbonyl (C=O) groups is 1. The van der Waals surface area contributed by atoms with Crippen LogP contribution in [0.4, 0.5) is 0 Å². The maximum atomic E-state index is 11.6. The molecule has 41 heavy (non-hydrogen) atoms. The van der Waals surface area contributed by atoms with E-state index in [4.69, 9.17) is 19.9 Å². The monoisotopic (exact) mass is 553 g/mol. The Morgan fingerprint density at radius 3 is 2.78 bits per heavy atom. The van der Waals surface area contributed by atoms with E-state index in [9.17, 15) is 4.79 Å². The molecule has 9 nitrogen and oxygen atoms in total. The van der Waals surface area contributed by atoms with Crippen LogP contribution in [-0.2, 0) is 11.3 Å². The van der Waals surface area contributed by atoms with E-state index >= 15 is 0 Å². The number of nitrogens with two attached hydrogens (primary N) is 1. The lowest BCUT2D eigenvalue weighted by Gasteiger charge is -2.26. The average Bonchev–Trinajstić information content (AvgIpc) is 3.37. The van der Waals surface area contributed by atoms with Crippen molar-refractivity contribution in [3.8, 4) is 11.6 Å². The van der Waals surface area contributed by atoms with Gasteiger partial charge in [0, 0.05) is 63.9 Å². The van der Waals surface area contributed by atoms with Crippen molar-refractivity contribution in [3.63, 3.8) is 0 Å². The van der Waals surface area contributed by atoms with E-state index in [1.807, 2.05) is 12.1 Å². The number of benzene rings is 2. The van der Waals surface area contributed by atoms with Crippen molar-refractivity contribution in [2.45, 2.75) is 44.8 Å². The van der Waals surface area contributed by atoms with E-state index in [0.29, 0.717) is 42.9 Å². The van der Waals surface area contributed by atoms with Crippen LogP contribution in [0, 0.1) is 0 Å². The fraction of sp³-hybridized carbons (Fsp3) is 0.344. The average molecular weight is 554 g/mol. The van der Waals surface area contributed by atoms with Crippen LogP contribution >= 0.6 is 0 Å². The van der Waals surface area contributed by atoms with E-state index < -0.39 is 5.91 Å². The SMILES string of the molecule is NC(=O)c1ccc2c(c1)nc(OCCOCCCCNCc1cc3cc(OC4CCC4)ccc3[nH]1)c1ccncc12. The number of nitrogens with zero attached hydrogens (tertiary/aromatic N) is 2. The van der Waals surface area contributed by atoms with Crippen molar-refractivity contribution in [2.24, 2.45) is 5.73 Å². The van der Waals surface area contributed by atoms with Crippen LogP contribution < -0.4 is 20.5 Å². The van der Waals surface area contributed by atoms with Gasteiger partial charge in [-0.25, -0.2) is 4.98 Å². The number of hydrogen-bond acceptors (Lipinski definition) is 7. The molecule has 0 atom stereocenters. The summed E-state index contributed by atoms with van der Waals surface area (Å²) in [6.07, 6.45) is 9.47. The minimum absolute atomic E-state index is 0.373. The standard InChI is InChI=1S/C32H35N5O4/c33-31(38)21-6-8-26-28-20-35-12-10-27(28)32(37-30(26)18-21)40-15-14-39-13-2-1-11-34-19-23-16-22-17-25(7-9-29(22)36-23)41-24-4-3-5-24/h6-10,12,16-18,20,24,34,36H,1-5,11,13-15,19H2,(H2,33,38). The molecule has 2 aromatic carbocycles. The predicted molar refractivity (Wildman–Crippen MR) is 159 cm³/mol. The van der Waals surface area contributed by atoms with Crippen molar-refractivity contribution in [3.05, 3.63) is 72.2 Å². The molecular weight excluding hydrogens is 518 g/mol. The predicted octanol–water partition coefficient (Wildman–Crippen LogP) is 5.26. The lowest BCUT2D eigenvalue weighted by atomic mass is 9.96. The number of pyridine rings is 2. The van der Waals surface area contributed by atoms with Crippen LogP contribution in [0.1, 0.15) is 48.2 Å². The highest BCUT2D eigenvalue weighted by atomic mass is 16.5. The molecule has 0 unspecified atom stereocenters. The molecule has 3 heterocycles. The van der Waals surface area contributed by atoms with Gasteiger partial charge in [0.15, 0.2) is 0 Å². The summed E-state index contributed by atoms with van der Waals surface area (Å²) >= 11 is 0. The number of aromatic amines is 1. The number of unbranched alkanes of at least 4 members (excludes halogenated alkanes) is 1. The summed E-state index contributed by atoms with van der Waals surface area (Å²) in [5.74, 6) is 0.958. The maximum Gasteiger partial charge on any atom is 0.248 e. The second-order valence-electron chi connectivity index (χ2n) is 10.5. The first kappa shape index (κ1) is 27.0. The summed E-state index contributed by atoms with van der Waals surface area (Å²) in [4.78, 5) is 24.0. The minimum Gasteiger partial charge on any atom is -0.490 e. The Morgan fingerprint density at radius 1 is 1.00 bits per heavy atom. The van der Waals surface area contributed by atoms with Gasteiger partial charge in [-0.15, -0.1) is 0 Å². The Balaban J connectivity index is 0.906. The first-order valence-electron chi connectivity index (χ1n) is 14.3. The third kappa shape index (κ3) is 6.42. The molecule has 0 bridgehead atoms. The van der Waals surface area contributed by atoms with Gasteiger partial charge < -0.3 is 30.2 Å². The number of carbonyl (C=O) groups excluding carboxylic acids is 1. The molecular formula is C32H35N5O4. The van der Waals surface area contributed by atoms with Crippen LogP contribution in [-0.4, -0.2) is 53.3 Å². The van der Waals surface area contributed by atoms with Crippen molar-refractivity contribution >= 4 is 38.5 Å². The molecule has 212 valence electrons. The zero-order chi connectivity index (χ0) is 28.0. The van der Waals surface area contributed by atoms with Gasteiger partial charge >= 0.3 is 0 Å². The number of hydrogen-bond donors (Lipinski definition) is 3. The molecule has 5 aromatic rings. The summed E-state index contributed by atoms with van der Waals surface area (Å²) in [6.45, 7) is 3.21. The van der Waals surface area contributed by atoms with E-state index in [0.717, 1.165) is 53.4 Å². The quantitative estimate of drug-likeness (QED) is 0.127. The normalized spacial score (nSPS) is 13.6. The van der Waals surface area contributed by atoms with Crippen LogP contribution in [0.3, 0.4) is 0 Å². The van der Waals surface area contributed by atoms with Gasteiger partial charge in [-0.1, -0.05) is 6.07 Å². The highest BCUT2D eigenvalue weighted by Gasteiger charge is 2.19. The third-order valence-corrected chi connectivity index (χ3v) is 7.52. The van der Waals surface area contributed by atoms with Crippen molar-refractivity contribution < 1.29 is 19.0 Å². The van der Waals surface area contributed by atoms with Gasteiger partial charge in [0.2, 0.25) is 11.8 Å². The van der Waals surface area contributed by atoms with Crippen LogP contribution in [0.15, 0.2) is 60.9 Å². The number of aromatic nitrogens is 3. The first-order valence-corrected chi connectivity index (χ1v) is 14.3. The number of nitrogens with one attached hydrogen (secondary N) is 2. The third-order valence-electron chi connectivity index (χ3n) is 7.52. The number of fused-ring (bicyclic) bond motifs is 4. The minimum atomic E-state index is -0.493. The van der Waals surface area contributed by atoms with E-state index in [1.54, 1.807) is 24.5 Å². The molecule has 1 aliphatic carbocycles. The molecule has 0 radical (unpaired) electrons. The lowest BCUT2D eigenvalue weighted by Crippen LogP contribution is -2.24. The molecule has 1 amide bonds. The number of amides is 1. The summed E-state index contributed by atoms with van der Waals surface area (Å²) in [5.41, 5.74) is 8.80. The Bertz CT molecular complexity index is 1660. The highest BCUT2D eigenvalue weighted by Crippen LogP contribution is 2.31. The highest BCUT2D eigenvalue weighted by molar-refractivity contribution is 6.09. The lowest BCUT2D eigenvalue weighted by molar-refractivity contribution is 0.0966.